The maximum Gasteiger partial charge on any atom is 0.269 e. The first-order valence-electron chi connectivity index (χ1n) is 6.54. The van der Waals surface area contributed by atoms with Gasteiger partial charge >= 0.3 is 0 Å². The van der Waals surface area contributed by atoms with Crippen LogP contribution in [-0.2, 0) is 0 Å². The summed E-state index contributed by atoms with van der Waals surface area (Å²) in [5.74, 6) is -0.916. The third kappa shape index (κ3) is 2.99. The molecule has 0 saturated heterocycles. The molecule has 0 aliphatic rings. The molecule has 8 heteroatoms. The third-order valence-corrected chi connectivity index (χ3v) is 5.96. The number of anilines is 1. The van der Waals surface area contributed by atoms with Gasteiger partial charge in [0, 0.05) is 17.0 Å². The van der Waals surface area contributed by atoms with Crippen molar-refractivity contribution in [1.82, 2.24) is 4.98 Å². The van der Waals surface area contributed by atoms with Crippen LogP contribution in [0.25, 0.3) is 10.1 Å². The van der Waals surface area contributed by atoms with E-state index >= 15 is 0 Å². The zero-order chi connectivity index (χ0) is 16.7. The number of carbonyl (C=O) groups is 2. The number of benzene rings is 1. The lowest BCUT2D eigenvalue weighted by Gasteiger charge is -1.99. The molecule has 0 unspecified atom stereocenters. The minimum absolute atomic E-state index is 0.101. The molecule has 0 atom stereocenters. The van der Waals surface area contributed by atoms with Crippen molar-refractivity contribution >= 4 is 61.2 Å². The second-order valence-corrected chi connectivity index (χ2v) is 7.26. The van der Waals surface area contributed by atoms with Gasteiger partial charge in [0.05, 0.1) is 15.6 Å². The predicted molar refractivity (Wildman–Crippen MR) is 91.6 cm³/mol. The fourth-order valence-corrected chi connectivity index (χ4v) is 4.41. The Kier molecular flexibility index (Phi) is 4.18. The number of Topliss-reactive ketones (excluding diaryl/α,β-unsaturated/α-hetero) is 1. The summed E-state index contributed by atoms with van der Waals surface area (Å²) in [5.41, 5.74) is 0.572. The number of aromatic nitrogens is 1. The first-order chi connectivity index (χ1) is 10.9. The van der Waals surface area contributed by atoms with Gasteiger partial charge in [0.1, 0.15) is 10.7 Å². The number of nitrogens with one attached hydrogen (secondary N) is 1. The average molecular weight is 369 g/mol. The quantitative estimate of drug-likeness (QED) is 0.668. The van der Waals surface area contributed by atoms with E-state index in [1.54, 1.807) is 13.0 Å². The highest BCUT2D eigenvalue weighted by atomic mass is 35.5. The Morgan fingerprint density at radius 2 is 2.00 bits per heavy atom. The third-order valence-electron chi connectivity index (χ3n) is 3.13. The summed E-state index contributed by atoms with van der Waals surface area (Å²) < 4.78 is 13.9. The summed E-state index contributed by atoms with van der Waals surface area (Å²) in [6, 6.07) is 4.18. The minimum Gasteiger partial charge on any atom is -0.297 e. The van der Waals surface area contributed by atoms with Gasteiger partial charge in [-0.25, -0.2) is 9.37 Å². The van der Waals surface area contributed by atoms with Crippen LogP contribution in [0.3, 0.4) is 0 Å². The number of hydrogen-bond acceptors (Lipinski definition) is 5. The fourth-order valence-electron chi connectivity index (χ4n) is 2.12. The largest absolute Gasteiger partial charge is 0.297 e. The van der Waals surface area contributed by atoms with Gasteiger partial charge in [-0.2, -0.15) is 0 Å². The van der Waals surface area contributed by atoms with Crippen molar-refractivity contribution in [3.05, 3.63) is 44.5 Å². The van der Waals surface area contributed by atoms with Gasteiger partial charge in [-0.1, -0.05) is 22.9 Å². The van der Waals surface area contributed by atoms with Crippen LogP contribution in [0, 0.1) is 12.7 Å². The molecule has 0 saturated carbocycles. The van der Waals surface area contributed by atoms with Crippen molar-refractivity contribution in [1.29, 1.82) is 0 Å². The van der Waals surface area contributed by atoms with Crippen LogP contribution >= 0.6 is 34.3 Å². The van der Waals surface area contributed by atoms with E-state index in [9.17, 15) is 14.0 Å². The topological polar surface area (TPSA) is 59.1 Å². The number of ketones is 1. The molecule has 0 aliphatic heterocycles. The summed E-state index contributed by atoms with van der Waals surface area (Å²) in [5, 5.41) is 3.88. The van der Waals surface area contributed by atoms with E-state index in [4.69, 9.17) is 11.6 Å². The molecule has 1 N–H and O–H groups in total. The number of carbonyl (C=O) groups excluding carboxylic acids is 2. The molecule has 0 aliphatic carbocycles. The molecular weight excluding hydrogens is 359 g/mol. The molecule has 1 aromatic carbocycles. The monoisotopic (exact) mass is 368 g/mol. The lowest BCUT2D eigenvalue weighted by molar-refractivity contribution is 0.101. The summed E-state index contributed by atoms with van der Waals surface area (Å²) in [6.07, 6.45) is 0. The maximum absolute atomic E-state index is 13.3. The number of amides is 1. The first kappa shape index (κ1) is 16.0. The van der Waals surface area contributed by atoms with E-state index in [1.807, 2.05) is 0 Å². The molecule has 0 radical (unpaired) electrons. The van der Waals surface area contributed by atoms with E-state index in [0.29, 0.717) is 25.8 Å². The summed E-state index contributed by atoms with van der Waals surface area (Å²) in [6.45, 7) is 3.15. The Morgan fingerprint density at radius 1 is 1.26 bits per heavy atom. The number of thiazole rings is 1. The van der Waals surface area contributed by atoms with E-state index in [0.717, 1.165) is 22.7 Å². The van der Waals surface area contributed by atoms with Crippen LogP contribution in [0.4, 0.5) is 9.52 Å². The standard InChI is InChI=1S/C15H10ClFN2O2S2/c1-6-12(7(2)20)23-15(18-6)19-14(21)13-11(16)9-4-3-8(17)5-10(9)22-13/h3-5H,1-2H3,(H,18,19,21). The maximum atomic E-state index is 13.3. The second-order valence-electron chi connectivity index (χ2n) is 4.83. The molecule has 0 fully saturated rings. The number of nitrogens with zero attached hydrogens (tertiary/aromatic N) is 1. The molecule has 2 aromatic heterocycles. The van der Waals surface area contributed by atoms with Crippen LogP contribution in [0.15, 0.2) is 18.2 Å². The Morgan fingerprint density at radius 3 is 2.65 bits per heavy atom. The van der Waals surface area contributed by atoms with Crippen molar-refractivity contribution in [3.8, 4) is 0 Å². The van der Waals surface area contributed by atoms with Crippen molar-refractivity contribution < 1.29 is 14.0 Å². The first-order valence-corrected chi connectivity index (χ1v) is 8.55. The Bertz CT molecular complexity index is 948. The van der Waals surface area contributed by atoms with Crippen LogP contribution in [-0.4, -0.2) is 16.7 Å². The number of halogens is 2. The zero-order valence-electron chi connectivity index (χ0n) is 12.1. The average Bonchev–Trinajstić information content (AvgIpc) is 2.99. The highest BCUT2D eigenvalue weighted by Crippen LogP contribution is 2.36. The van der Waals surface area contributed by atoms with Crippen molar-refractivity contribution in [3.63, 3.8) is 0 Å². The van der Waals surface area contributed by atoms with Crippen molar-refractivity contribution in [2.45, 2.75) is 13.8 Å². The molecule has 2 heterocycles. The van der Waals surface area contributed by atoms with E-state index < -0.39 is 5.91 Å². The van der Waals surface area contributed by atoms with E-state index in [-0.39, 0.29) is 21.5 Å². The second kappa shape index (κ2) is 5.99. The minimum atomic E-state index is -0.430. The van der Waals surface area contributed by atoms with Crippen LogP contribution in [0.1, 0.15) is 32.0 Å². The number of rotatable bonds is 3. The summed E-state index contributed by atoms with van der Waals surface area (Å²) >= 11 is 8.44. The summed E-state index contributed by atoms with van der Waals surface area (Å²) in [7, 11) is 0. The lowest BCUT2D eigenvalue weighted by atomic mass is 10.2. The molecule has 0 spiro atoms. The Balaban J connectivity index is 1.93. The predicted octanol–water partition coefficient (Wildman–Crippen LogP) is 4.91. The lowest BCUT2D eigenvalue weighted by Crippen LogP contribution is -2.10. The van der Waals surface area contributed by atoms with Gasteiger partial charge in [-0.05, 0) is 25.1 Å². The molecular formula is C15H10ClFN2O2S2. The van der Waals surface area contributed by atoms with E-state index in [1.165, 1.54) is 19.1 Å². The molecule has 3 rings (SSSR count). The molecule has 4 nitrogen and oxygen atoms in total. The van der Waals surface area contributed by atoms with Gasteiger partial charge in [0.25, 0.3) is 5.91 Å². The van der Waals surface area contributed by atoms with Crippen molar-refractivity contribution in [2.24, 2.45) is 0 Å². The number of hydrogen-bond donors (Lipinski definition) is 1. The van der Waals surface area contributed by atoms with Crippen LogP contribution in [0.5, 0.6) is 0 Å². The van der Waals surface area contributed by atoms with E-state index in [2.05, 4.69) is 10.3 Å². The van der Waals surface area contributed by atoms with Gasteiger partial charge in [-0.15, -0.1) is 11.3 Å². The van der Waals surface area contributed by atoms with Gasteiger partial charge in [-0.3, -0.25) is 14.9 Å². The number of fused-ring (bicyclic) bond motifs is 1. The molecule has 23 heavy (non-hydrogen) atoms. The SMILES string of the molecule is CC(=O)c1sc(NC(=O)c2sc3cc(F)ccc3c2Cl)nc1C. The van der Waals surface area contributed by atoms with Crippen LogP contribution in [0.2, 0.25) is 5.02 Å². The molecule has 1 amide bonds. The Hall–Kier alpha value is -1.83. The summed E-state index contributed by atoms with van der Waals surface area (Å²) in [4.78, 5) is 28.8. The van der Waals surface area contributed by atoms with Gasteiger partial charge < -0.3 is 0 Å². The normalized spacial score (nSPS) is 11.0. The highest BCUT2D eigenvalue weighted by molar-refractivity contribution is 7.22. The molecule has 3 aromatic rings. The zero-order valence-corrected chi connectivity index (χ0v) is 14.5. The van der Waals surface area contributed by atoms with Gasteiger partial charge in [0.15, 0.2) is 10.9 Å². The number of thiophene rings is 1. The smallest absolute Gasteiger partial charge is 0.269 e. The Labute approximate surface area is 143 Å². The fraction of sp³-hybridized carbons (Fsp3) is 0.133. The number of aryl methyl sites for hydroxylation is 1. The van der Waals surface area contributed by atoms with Gasteiger partial charge in [0.2, 0.25) is 0 Å². The molecule has 0 bridgehead atoms. The van der Waals surface area contributed by atoms with Crippen molar-refractivity contribution in [2.75, 3.05) is 5.32 Å². The highest BCUT2D eigenvalue weighted by Gasteiger charge is 2.20. The molecule has 118 valence electrons. The van der Waals surface area contributed by atoms with Crippen LogP contribution < -0.4 is 5.32 Å².